The molecule has 2 aromatic rings. The molecular weight excluding hydrogens is 425 g/mol. The minimum atomic E-state index is 0.0444. The maximum atomic E-state index is 6.05. The molecule has 0 saturated heterocycles. The van der Waals surface area contributed by atoms with Crippen molar-refractivity contribution in [2.75, 3.05) is 7.11 Å². The first-order valence-corrected chi connectivity index (χ1v) is 9.42. The topological polar surface area (TPSA) is 30.5 Å². The van der Waals surface area contributed by atoms with Crippen molar-refractivity contribution in [3.05, 3.63) is 56.0 Å². The highest BCUT2D eigenvalue weighted by Gasteiger charge is 2.14. The fourth-order valence-electron chi connectivity index (χ4n) is 2.17. The Hall–Kier alpha value is -0.940. The molecule has 0 aliphatic heterocycles. The van der Waals surface area contributed by atoms with Crippen LogP contribution in [0.25, 0.3) is 0 Å². The fraction of sp³-hybridized carbons (Fsp3) is 0.368. The Morgan fingerprint density at radius 2 is 1.76 bits per heavy atom. The van der Waals surface area contributed by atoms with E-state index in [-0.39, 0.29) is 5.54 Å². The Bertz CT molecular complexity index is 745. The summed E-state index contributed by atoms with van der Waals surface area (Å²) in [5.41, 5.74) is 2.09. The number of rotatable bonds is 6. The predicted octanol–water partition coefficient (Wildman–Crippen LogP) is 6.23. The Labute approximate surface area is 167 Å². The molecule has 0 radical (unpaired) electrons. The maximum absolute atomic E-state index is 6.05. The average molecular weight is 447 g/mol. The third-order valence-electron chi connectivity index (χ3n) is 3.48. The van der Waals surface area contributed by atoms with Gasteiger partial charge in [0.1, 0.15) is 6.61 Å². The quantitative estimate of drug-likeness (QED) is 0.570. The van der Waals surface area contributed by atoms with E-state index in [1.54, 1.807) is 19.2 Å². The Morgan fingerprint density at radius 3 is 2.36 bits per heavy atom. The predicted molar refractivity (Wildman–Crippen MR) is 108 cm³/mol. The van der Waals surface area contributed by atoms with Gasteiger partial charge in [0, 0.05) is 12.1 Å². The molecule has 0 atom stereocenters. The summed E-state index contributed by atoms with van der Waals surface area (Å²) >= 11 is 15.6. The molecule has 0 saturated carbocycles. The first-order valence-electron chi connectivity index (χ1n) is 7.88. The second-order valence-corrected chi connectivity index (χ2v) is 8.42. The van der Waals surface area contributed by atoms with E-state index in [1.165, 1.54) is 0 Å². The van der Waals surface area contributed by atoms with Crippen LogP contribution < -0.4 is 14.8 Å². The van der Waals surface area contributed by atoms with Gasteiger partial charge in [0.2, 0.25) is 0 Å². The summed E-state index contributed by atoms with van der Waals surface area (Å²) in [7, 11) is 1.63. The molecule has 0 heterocycles. The van der Waals surface area contributed by atoms with Gasteiger partial charge in [-0.05, 0) is 72.1 Å². The van der Waals surface area contributed by atoms with Gasteiger partial charge in [-0.3, -0.25) is 0 Å². The van der Waals surface area contributed by atoms with Crippen LogP contribution >= 0.6 is 39.1 Å². The van der Waals surface area contributed by atoms with Crippen LogP contribution in [0.2, 0.25) is 10.0 Å². The molecule has 136 valence electrons. The van der Waals surface area contributed by atoms with Crippen LogP contribution in [-0.2, 0) is 13.2 Å². The third-order valence-corrected chi connectivity index (χ3v) is 4.81. The zero-order valence-corrected chi connectivity index (χ0v) is 17.8. The highest BCUT2D eigenvalue weighted by Crippen LogP contribution is 2.37. The number of methoxy groups -OCH3 is 1. The summed E-state index contributed by atoms with van der Waals surface area (Å²) in [6, 6.07) is 9.46. The number of hydrogen-bond acceptors (Lipinski definition) is 3. The van der Waals surface area contributed by atoms with E-state index in [0.29, 0.717) is 28.2 Å². The van der Waals surface area contributed by atoms with E-state index in [2.05, 4.69) is 42.0 Å². The van der Waals surface area contributed by atoms with Crippen molar-refractivity contribution >= 4 is 39.1 Å². The van der Waals surface area contributed by atoms with E-state index in [4.69, 9.17) is 32.7 Å². The minimum Gasteiger partial charge on any atom is -0.493 e. The molecule has 0 aliphatic carbocycles. The summed E-state index contributed by atoms with van der Waals surface area (Å²) in [4.78, 5) is 0. The van der Waals surface area contributed by atoms with Crippen molar-refractivity contribution in [1.82, 2.24) is 5.32 Å². The molecule has 0 aliphatic rings. The second kappa shape index (κ2) is 8.63. The lowest BCUT2D eigenvalue weighted by Gasteiger charge is -2.21. The zero-order chi connectivity index (χ0) is 18.6. The molecule has 6 heteroatoms. The molecule has 0 spiro atoms. The van der Waals surface area contributed by atoms with E-state index < -0.39 is 0 Å². The molecule has 0 bridgehead atoms. The first kappa shape index (κ1) is 20.4. The van der Waals surface area contributed by atoms with E-state index in [1.807, 2.05) is 18.2 Å². The summed E-state index contributed by atoms with van der Waals surface area (Å²) in [6.45, 7) is 7.51. The van der Waals surface area contributed by atoms with Gasteiger partial charge in [-0.25, -0.2) is 0 Å². The molecule has 2 aromatic carbocycles. The van der Waals surface area contributed by atoms with Gasteiger partial charge < -0.3 is 14.8 Å². The number of hydrogen-bond donors (Lipinski definition) is 1. The van der Waals surface area contributed by atoms with Gasteiger partial charge in [-0.2, -0.15) is 0 Å². The lowest BCUT2D eigenvalue weighted by Crippen LogP contribution is -2.35. The van der Waals surface area contributed by atoms with Gasteiger partial charge >= 0.3 is 0 Å². The van der Waals surface area contributed by atoms with Gasteiger partial charge in [0.25, 0.3) is 0 Å². The number of halogens is 3. The average Bonchev–Trinajstić information content (AvgIpc) is 2.54. The van der Waals surface area contributed by atoms with E-state index in [0.717, 1.165) is 22.1 Å². The Balaban J connectivity index is 2.15. The number of ether oxygens (including phenoxy) is 2. The number of benzene rings is 2. The van der Waals surface area contributed by atoms with Crippen LogP contribution in [0.5, 0.6) is 11.5 Å². The van der Waals surface area contributed by atoms with Crippen LogP contribution in [0.3, 0.4) is 0 Å². The fourth-order valence-corrected chi connectivity index (χ4v) is 3.09. The van der Waals surface area contributed by atoms with Crippen molar-refractivity contribution in [3.63, 3.8) is 0 Å². The standard InChI is InChI=1S/C19H22BrCl2NO2/c1-19(2,3)23-10-13-7-14(20)18(17(9-13)24-4)25-11-12-5-6-15(21)16(22)8-12/h5-9,23H,10-11H2,1-4H3. The lowest BCUT2D eigenvalue weighted by atomic mass is 10.1. The smallest absolute Gasteiger partial charge is 0.175 e. The van der Waals surface area contributed by atoms with E-state index in [9.17, 15) is 0 Å². The molecular formula is C19H22BrCl2NO2. The van der Waals surface area contributed by atoms with Crippen molar-refractivity contribution in [2.24, 2.45) is 0 Å². The summed E-state index contributed by atoms with van der Waals surface area (Å²) in [5.74, 6) is 1.34. The molecule has 0 unspecified atom stereocenters. The van der Waals surface area contributed by atoms with Crippen LogP contribution in [0.4, 0.5) is 0 Å². The monoisotopic (exact) mass is 445 g/mol. The molecule has 2 rings (SSSR count). The highest BCUT2D eigenvalue weighted by molar-refractivity contribution is 9.10. The normalized spacial score (nSPS) is 11.5. The summed E-state index contributed by atoms with van der Waals surface area (Å²) < 4.78 is 12.3. The van der Waals surface area contributed by atoms with Crippen molar-refractivity contribution in [3.8, 4) is 11.5 Å². The molecule has 3 nitrogen and oxygen atoms in total. The van der Waals surface area contributed by atoms with Crippen molar-refractivity contribution in [1.29, 1.82) is 0 Å². The molecule has 0 aromatic heterocycles. The molecule has 0 amide bonds. The van der Waals surface area contributed by atoms with Crippen LogP contribution in [-0.4, -0.2) is 12.6 Å². The third kappa shape index (κ3) is 6.07. The zero-order valence-electron chi connectivity index (χ0n) is 14.8. The van der Waals surface area contributed by atoms with Crippen molar-refractivity contribution in [2.45, 2.75) is 39.5 Å². The number of nitrogens with one attached hydrogen (secondary N) is 1. The van der Waals surface area contributed by atoms with Gasteiger partial charge in [-0.15, -0.1) is 0 Å². The Kier molecular flexibility index (Phi) is 7.03. The summed E-state index contributed by atoms with van der Waals surface area (Å²) in [5, 5.41) is 4.50. The first-order chi connectivity index (χ1) is 11.7. The van der Waals surface area contributed by atoms with Gasteiger partial charge in [0.15, 0.2) is 11.5 Å². The van der Waals surface area contributed by atoms with Crippen LogP contribution in [0, 0.1) is 0 Å². The highest BCUT2D eigenvalue weighted by atomic mass is 79.9. The van der Waals surface area contributed by atoms with E-state index >= 15 is 0 Å². The lowest BCUT2D eigenvalue weighted by molar-refractivity contribution is 0.282. The maximum Gasteiger partial charge on any atom is 0.175 e. The second-order valence-electron chi connectivity index (χ2n) is 6.75. The minimum absolute atomic E-state index is 0.0444. The summed E-state index contributed by atoms with van der Waals surface area (Å²) in [6.07, 6.45) is 0. The Morgan fingerprint density at radius 1 is 1.04 bits per heavy atom. The van der Waals surface area contributed by atoms with Crippen molar-refractivity contribution < 1.29 is 9.47 Å². The largest absolute Gasteiger partial charge is 0.493 e. The molecule has 25 heavy (non-hydrogen) atoms. The van der Waals surface area contributed by atoms with Gasteiger partial charge in [-0.1, -0.05) is 29.3 Å². The molecule has 0 fully saturated rings. The SMILES string of the molecule is COc1cc(CNC(C)(C)C)cc(Br)c1OCc1ccc(Cl)c(Cl)c1. The van der Waals surface area contributed by atoms with Crippen LogP contribution in [0.1, 0.15) is 31.9 Å². The van der Waals surface area contributed by atoms with Crippen LogP contribution in [0.15, 0.2) is 34.8 Å². The van der Waals surface area contributed by atoms with Gasteiger partial charge in [0.05, 0.1) is 21.6 Å². The molecule has 1 N–H and O–H groups in total.